The fraction of sp³-hybridized carbons (Fsp3) is 0. The van der Waals surface area contributed by atoms with Gasteiger partial charge in [-0.25, -0.2) is 9.97 Å². The van der Waals surface area contributed by atoms with Crippen LogP contribution >= 0.6 is 0 Å². The van der Waals surface area contributed by atoms with Gasteiger partial charge < -0.3 is 8.98 Å². The van der Waals surface area contributed by atoms with E-state index in [1.165, 1.54) is 11.1 Å². The summed E-state index contributed by atoms with van der Waals surface area (Å²) >= 11 is 0. The van der Waals surface area contributed by atoms with E-state index in [4.69, 9.17) is 14.4 Å². The van der Waals surface area contributed by atoms with Crippen molar-refractivity contribution in [2.24, 2.45) is 0 Å². The van der Waals surface area contributed by atoms with E-state index in [2.05, 4.69) is 173 Å². The highest BCUT2D eigenvalue weighted by molar-refractivity contribution is 6.32. The Kier molecular flexibility index (Phi) is 6.27. The van der Waals surface area contributed by atoms with Crippen molar-refractivity contribution in [1.29, 1.82) is 0 Å². The van der Waals surface area contributed by atoms with Gasteiger partial charge in [0.1, 0.15) is 11.2 Å². The molecule has 0 aliphatic rings. The highest BCUT2D eigenvalue weighted by atomic mass is 16.3. The molecule has 0 spiro atoms. The third-order valence-electron chi connectivity index (χ3n) is 11.1. The van der Waals surface area contributed by atoms with Gasteiger partial charge in [0.25, 0.3) is 0 Å². The average Bonchev–Trinajstić information content (AvgIpc) is 3.92. The lowest BCUT2D eigenvalue weighted by molar-refractivity contribution is 0.673. The maximum absolute atomic E-state index is 6.85. The standard InChI is InChI=1S/C50H30N4O/c1-3-13-31(14-4-1)32-23-25-34(26-24-32)53-42-29-27-37-35-17-8-11-21-41(35)54(50-51-40-20-10-7-19-39(40)47(52-50)33-15-5-2-6-16-33)48(37)45(42)46-43(53)30-28-38-36-18-9-12-22-44(36)55-49(38)46/h1-30H. The average molecular weight is 703 g/mol. The number of nitrogens with zero attached hydrogens (tertiary/aromatic N) is 4. The molecule has 0 amide bonds. The van der Waals surface area contributed by atoms with Crippen molar-refractivity contribution >= 4 is 76.5 Å². The Labute approximate surface area is 315 Å². The molecule has 8 aromatic carbocycles. The lowest BCUT2D eigenvalue weighted by Gasteiger charge is -2.12. The summed E-state index contributed by atoms with van der Waals surface area (Å²) in [6, 6.07) is 64.0. The lowest BCUT2D eigenvalue weighted by Crippen LogP contribution is -2.03. The van der Waals surface area contributed by atoms with Gasteiger partial charge in [0.15, 0.2) is 0 Å². The largest absolute Gasteiger partial charge is 0.455 e. The second-order valence-electron chi connectivity index (χ2n) is 14.1. The van der Waals surface area contributed by atoms with Crippen LogP contribution in [0.15, 0.2) is 186 Å². The summed E-state index contributed by atoms with van der Waals surface area (Å²) < 4.78 is 11.5. The number of aromatic nitrogens is 4. The molecule has 0 atom stereocenters. The van der Waals surface area contributed by atoms with Crippen molar-refractivity contribution in [2.45, 2.75) is 0 Å². The molecule has 0 fully saturated rings. The van der Waals surface area contributed by atoms with Crippen LogP contribution in [0.4, 0.5) is 0 Å². The van der Waals surface area contributed by atoms with E-state index in [-0.39, 0.29) is 0 Å². The van der Waals surface area contributed by atoms with Crippen LogP contribution < -0.4 is 0 Å². The van der Waals surface area contributed by atoms with E-state index in [1.54, 1.807) is 0 Å². The van der Waals surface area contributed by atoms with Crippen molar-refractivity contribution in [3.05, 3.63) is 182 Å². The van der Waals surface area contributed by atoms with Crippen LogP contribution in [0.5, 0.6) is 0 Å². The molecule has 12 rings (SSSR count). The zero-order valence-electron chi connectivity index (χ0n) is 29.5. The van der Waals surface area contributed by atoms with Crippen LogP contribution in [0.1, 0.15) is 0 Å². The molecule has 12 aromatic rings. The molecule has 5 heteroatoms. The second-order valence-corrected chi connectivity index (χ2v) is 14.1. The summed E-state index contributed by atoms with van der Waals surface area (Å²) in [7, 11) is 0. The number of fused-ring (bicyclic) bond motifs is 12. The van der Waals surface area contributed by atoms with Crippen molar-refractivity contribution in [1.82, 2.24) is 19.1 Å². The summed E-state index contributed by atoms with van der Waals surface area (Å²) in [6.45, 7) is 0. The minimum absolute atomic E-state index is 0.626. The Morgan fingerprint density at radius 1 is 0.382 bits per heavy atom. The molecule has 55 heavy (non-hydrogen) atoms. The molecule has 0 unspecified atom stereocenters. The SMILES string of the molecule is c1ccc(-c2ccc(-n3c4ccc5c6ccccc6oc5c4c4c3ccc3c5ccccc5n(-c5nc(-c6ccccc6)c6ccccc6n5)c34)cc2)cc1. The minimum atomic E-state index is 0.626. The molecular formula is C50H30N4O. The van der Waals surface area contributed by atoms with Crippen molar-refractivity contribution in [3.8, 4) is 34.0 Å². The molecule has 0 N–H and O–H groups in total. The minimum Gasteiger partial charge on any atom is -0.455 e. The second kappa shape index (κ2) is 11.5. The molecule has 4 heterocycles. The van der Waals surface area contributed by atoms with Gasteiger partial charge in [-0.2, -0.15) is 0 Å². The number of para-hydroxylation sites is 3. The van der Waals surface area contributed by atoms with Gasteiger partial charge in [0.2, 0.25) is 5.95 Å². The maximum Gasteiger partial charge on any atom is 0.235 e. The molecule has 0 radical (unpaired) electrons. The van der Waals surface area contributed by atoms with Crippen molar-refractivity contribution in [3.63, 3.8) is 0 Å². The smallest absolute Gasteiger partial charge is 0.235 e. The molecule has 0 aliphatic carbocycles. The molecule has 4 aromatic heterocycles. The predicted molar refractivity (Wildman–Crippen MR) is 226 cm³/mol. The fourth-order valence-electron chi connectivity index (χ4n) is 8.72. The van der Waals surface area contributed by atoms with Crippen LogP contribution in [-0.2, 0) is 0 Å². The third kappa shape index (κ3) is 4.35. The molecule has 256 valence electrons. The molecule has 0 aliphatic heterocycles. The fourth-order valence-corrected chi connectivity index (χ4v) is 8.72. The van der Waals surface area contributed by atoms with Gasteiger partial charge in [-0.05, 0) is 59.7 Å². The zero-order chi connectivity index (χ0) is 36.0. The van der Waals surface area contributed by atoms with Crippen molar-refractivity contribution < 1.29 is 4.42 Å². The lowest BCUT2D eigenvalue weighted by atomic mass is 10.1. The summed E-state index contributed by atoms with van der Waals surface area (Å²) in [5.74, 6) is 0.626. The van der Waals surface area contributed by atoms with Gasteiger partial charge in [-0.15, -0.1) is 0 Å². The van der Waals surface area contributed by atoms with Crippen LogP contribution in [0.2, 0.25) is 0 Å². The van der Waals surface area contributed by atoms with E-state index in [0.29, 0.717) is 5.95 Å². The monoisotopic (exact) mass is 702 g/mol. The normalized spacial score (nSPS) is 12.0. The number of hydrogen-bond donors (Lipinski definition) is 0. The number of furan rings is 1. The Hall–Kier alpha value is -7.50. The highest BCUT2D eigenvalue weighted by Crippen LogP contribution is 2.46. The molecular weight excluding hydrogens is 673 g/mol. The van der Waals surface area contributed by atoms with E-state index in [9.17, 15) is 0 Å². The van der Waals surface area contributed by atoms with Crippen LogP contribution in [-0.4, -0.2) is 19.1 Å². The van der Waals surface area contributed by atoms with E-state index >= 15 is 0 Å². The Morgan fingerprint density at radius 2 is 1.00 bits per heavy atom. The Balaban J connectivity index is 1.25. The van der Waals surface area contributed by atoms with E-state index < -0.39 is 0 Å². The maximum atomic E-state index is 6.85. The quantitative estimate of drug-likeness (QED) is 0.183. The predicted octanol–water partition coefficient (Wildman–Crippen LogP) is 13.1. The van der Waals surface area contributed by atoms with Crippen LogP contribution in [0, 0.1) is 0 Å². The number of benzene rings is 8. The molecule has 0 saturated heterocycles. The van der Waals surface area contributed by atoms with E-state index in [0.717, 1.165) is 93.4 Å². The summed E-state index contributed by atoms with van der Waals surface area (Å²) in [4.78, 5) is 10.7. The first kappa shape index (κ1) is 30.0. The molecule has 5 nitrogen and oxygen atoms in total. The first-order chi connectivity index (χ1) is 27.3. The third-order valence-corrected chi connectivity index (χ3v) is 11.1. The van der Waals surface area contributed by atoms with Crippen LogP contribution in [0.3, 0.4) is 0 Å². The Morgan fingerprint density at radius 3 is 1.80 bits per heavy atom. The van der Waals surface area contributed by atoms with Gasteiger partial charge in [0, 0.05) is 43.6 Å². The van der Waals surface area contributed by atoms with Crippen LogP contribution in [0.25, 0.3) is 110 Å². The Bertz CT molecular complexity index is 3470. The zero-order valence-corrected chi connectivity index (χ0v) is 29.5. The van der Waals surface area contributed by atoms with Gasteiger partial charge >= 0.3 is 0 Å². The van der Waals surface area contributed by atoms with Gasteiger partial charge in [-0.1, -0.05) is 133 Å². The van der Waals surface area contributed by atoms with Gasteiger partial charge in [0.05, 0.1) is 38.7 Å². The number of hydrogen-bond acceptors (Lipinski definition) is 3. The van der Waals surface area contributed by atoms with E-state index in [1.807, 2.05) is 18.2 Å². The topological polar surface area (TPSA) is 48.8 Å². The first-order valence-corrected chi connectivity index (χ1v) is 18.6. The summed E-state index contributed by atoms with van der Waals surface area (Å²) in [5.41, 5.74) is 12.3. The summed E-state index contributed by atoms with van der Waals surface area (Å²) in [6.07, 6.45) is 0. The van der Waals surface area contributed by atoms with Crippen molar-refractivity contribution in [2.75, 3.05) is 0 Å². The highest BCUT2D eigenvalue weighted by Gasteiger charge is 2.25. The molecule has 0 saturated carbocycles. The number of rotatable bonds is 4. The van der Waals surface area contributed by atoms with Gasteiger partial charge in [-0.3, -0.25) is 4.57 Å². The summed E-state index contributed by atoms with van der Waals surface area (Å²) in [5, 5.41) is 7.64. The molecule has 0 bridgehead atoms. The first-order valence-electron chi connectivity index (χ1n) is 18.6.